The molecule has 0 radical (unpaired) electrons. The zero-order valence-corrected chi connectivity index (χ0v) is 16.4. The van der Waals surface area contributed by atoms with Crippen LogP contribution in [0.1, 0.15) is 10.4 Å². The Hall–Kier alpha value is -2.90. The van der Waals surface area contributed by atoms with Gasteiger partial charge in [-0.15, -0.1) is 10.2 Å². The van der Waals surface area contributed by atoms with Crippen molar-refractivity contribution in [1.82, 2.24) is 19.8 Å². The minimum absolute atomic E-state index is 0.0243. The van der Waals surface area contributed by atoms with E-state index in [4.69, 9.17) is 16.3 Å². The Bertz CT molecular complexity index is 1130. The lowest BCUT2D eigenvalue weighted by Crippen LogP contribution is -2.03. The highest BCUT2D eigenvalue weighted by atomic mass is 35.5. The number of halogens is 1. The fourth-order valence-electron chi connectivity index (χ4n) is 2.63. The van der Waals surface area contributed by atoms with Gasteiger partial charge in [0.25, 0.3) is 0 Å². The van der Waals surface area contributed by atoms with Crippen LogP contribution in [0, 0.1) is 0 Å². The van der Waals surface area contributed by atoms with Gasteiger partial charge in [-0.1, -0.05) is 23.4 Å². The van der Waals surface area contributed by atoms with Gasteiger partial charge in [0.15, 0.2) is 17.3 Å². The number of carbonyl (C=O) groups is 1. The van der Waals surface area contributed by atoms with E-state index in [1.807, 2.05) is 24.3 Å². The van der Waals surface area contributed by atoms with Crippen molar-refractivity contribution in [2.45, 2.75) is 5.03 Å². The summed E-state index contributed by atoms with van der Waals surface area (Å²) < 4.78 is 6.79. The number of methoxy groups -OCH3 is 1. The van der Waals surface area contributed by atoms with Gasteiger partial charge in [-0.05, 0) is 60.7 Å². The van der Waals surface area contributed by atoms with Crippen molar-refractivity contribution in [2.24, 2.45) is 0 Å². The molecule has 4 aromatic rings. The third kappa shape index (κ3) is 3.85. The standard InChI is InChI=1S/C20H15ClN4O2S/c1-27-16-8-4-13(5-9-16)17(26)12-28-19-11-10-18-22-23-20(25(18)24-19)14-2-6-15(21)7-3-14/h2-11H,12H2,1H3. The summed E-state index contributed by atoms with van der Waals surface area (Å²) in [5, 5.41) is 14.3. The molecular formula is C20H15ClN4O2S. The lowest BCUT2D eigenvalue weighted by molar-refractivity contribution is 0.102. The zero-order valence-electron chi connectivity index (χ0n) is 14.9. The minimum Gasteiger partial charge on any atom is -0.497 e. The first-order chi connectivity index (χ1) is 13.6. The van der Waals surface area contributed by atoms with Gasteiger partial charge in [0.05, 0.1) is 12.9 Å². The van der Waals surface area contributed by atoms with E-state index in [1.54, 1.807) is 48.0 Å². The third-order valence-electron chi connectivity index (χ3n) is 4.10. The van der Waals surface area contributed by atoms with Crippen molar-refractivity contribution in [1.29, 1.82) is 0 Å². The molecule has 0 aliphatic carbocycles. The van der Waals surface area contributed by atoms with Crippen LogP contribution < -0.4 is 4.74 Å². The van der Waals surface area contributed by atoms with Crippen LogP contribution in [0.5, 0.6) is 5.75 Å². The summed E-state index contributed by atoms with van der Waals surface area (Å²) in [6, 6.07) is 18.1. The van der Waals surface area contributed by atoms with E-state index in [2.05, 4.69) is 15.3 Å². The molecule has 0 spiro atoms. The molecule has 140 valence electrons. The largest absolute Gasteiger partial charge is 0.497 e. The van der Waals surface area contributed by atoms with Gasteiger partial charge >= 0.3 is 0 Å². The number of ether oxygens (including phenoxy) is 1. The normalized spacial score (nSPS) is 10.9. The second-order valence-electron chi connectivity index (χ2n) is 5.91. The molecule has 2 aromatic carbocycles. The number of ketones is 1. The number of hydrogen-bond acceptors (Lipinski definition) is 6. The highest BCUT2D eigenvalue weighted by Crippen LogP contribution is 2.23. The first-order valence-corrected chi connectivity index (χ1v) is 9.79. The lowest BCUT2D eigenvalue weighted by Gasteiger charge is -2.04. The predicted molar refractivity (Wildman–Crippen MR) is 109 cm³/mol. The number of Topliss-reactive ketones (excluding diaryl/α,β-unsaturated/α-hetero) is 1. The average molecular weight is 411 g/mol. The molecule has 0 aliphatic rings. The molecule has 0 saturated carbocycles. The molecule has 0 N–H and O–H groups in total. The van der Waals surface area contributed by atoms with Crippen LogP contribution in [0.25, 0.3) is 17.0 Å². The second kappa shape index (κ2) is 8.00. The van der Waals surface area contributed by atoms with Crippen LogP contribution >= 0.6 is 23.4 Å². The molecule has 0 aliphatic heterocycles. The van der Waals surface area contributed by atoms with Crippen LogP contribution in [-0.2, 0) is 0 Å². The molecular weight excluding hydrogens is 396 g/mol. The highest BCUT2D eigenvalue weighted by Gasteiger charge is 2.12. The van der Waals surface area contributed by atoms with Gasteiger partial charge in [0, 0.05) is 16.1 Å². The van der Waals surface area contributed by atoms with Crippen molar-refractivity contribution >= 4 is 34.8 Å². The number of benzene rings is 2. The Kier molecular flexibility index (Phi) is 5.27. The topological polar surface area (TPSA) is 69.4 Å². The van der Waals surface area contributed by atoms with Gasteiger partial charge in [-0.2, -0.15) is 9.61 Å². The van der Waals surface area contributed by atoms with E-state index in [1.165, 1.54) is 11.8 Å². The van der Waals surface area contributed by atoms with Gasteiger partial charge in [-0.25, -0.2) is 0 Å². The molecule has 28 heavy (non-hydrogen) atoms. The summed E-state index contributed by atoms with van der Waals surface area (Å²) in [6.45, 7) is 0. The molecule has 0 fully saturated rings. The molecule has 0 unspecified atom stereocenters. The maximum atomic E-state index is 12.4. The quantitative estimate of drug-likeness (QED) is 0.346. The maximum Gasteiger partial charge on any atom is 0.185 e. The van der Waals surface area contributed by atoms with Crippen LogP contribution in [0.15, 0.2) is 65.7 Å². The summed E-state index contributed by atoms with van der Waals surface area (Å²) >= 11 is 7.32. The first kappa shape index (κ1) is 18.5. The molecule has 0 amide bonds. The van der Waals surface area contributed by atoms with Crippen LogP contribution in [0.2, 0.25) is 5.02 Å². The lowest BCUT2D eigenvalue weighted by atomic mass is 10.1. The van der Waals surface area contributed by atoms with E-state index in [9.17, 15) is 4.79 Å². The van der Waals surface area contributed by atoms with Crippen molar-refractivity contribution < 1.29 is 9.53 Å². The molecule has 4 rings (SSSR count). The summed E-state index contributed by atoms with van der Waals surface area (Å²) in [4.78, 5) is 12.4. The zero-order chi connectivity index (χ0) is 19.5. The number of aromatic nitrogens is 4. The number of fused-ring (bicyclic) bond motifs is 1. The van der Waals surface area contributed by atoms with E-state index < -0.39 is 0 Å². The van der Waals surface area contributed by atoms with Crippen molar-refractivity contribution in [3.63, 3.8) is 0 Å². The first-order valence-electron chi connectivity index (χ1n) is 8.42. The smallest absolute Gasteiger partial charge is 0.185 e. The molecule has 6 nitrogen and oxygen atoms in total. The van der Waals surface area contributed by atoms with Crippen LogP contribution in [0.4, 0.5) is 0 Å². The van der Waals surface area contributed by atoms with Gasteiger partial charge < -0.3 is 4.74 Å². The Morgan fingerprint density at radius 2 is 1.79 bits per heavy atom. The molecule has 0 atom stereocenters. The Morgan fingerprint density at radius 1 is 1.04 bits per heavy atom. The highest BCUT2D eigenvalue weighted by molar-refractivity contribution is 7.99. The number of thioether (sulfide) groups is 1. The number of nitrogens with zero attached hydrogens (tertiary/aromatic N) is 4. The van der Waals surface area contributed by atoms with Gasteiger partial charge in [0.1, 0.15) is 10.8 Å². The van der Waals surface area contributed by atoms with E-state index >= 15 is 0 Å². The van der Waals surface area contributed by atoms with Crippen molar-refractivity contribution in [2.75, 3.05) is 12.9 Å². The SMILES string of the molecule is COc1ccc(C(=O)CSc2ccc3nnc(-c4ccc(Cl)cc4)n3n2)cc1. The van der Waals surface area contributed by atoms with E-state index in [0.717, 1.165) is 11.3 Å². The Labute approximate surface area is 170 Å². The number of hydrogen-bond donors (Lipinski definition) is 0. The number of rotatable bonds is 6. The molecule has 8 heteroatoms. The monoisotopic (exact) mass is 410 g/mol. The molecule has 0 saturated heterocycles. The van der Waals surface area contributed by atoms with Gasteiger partial charge in [-0.3, -0.25) is 4.79 Å². The molecule has 2 heterocycles. The third-order valence-corrected chi connectivity index (χ3v) is 5.28. The molecule has 2 aromatic heterocycles. The predicted octanol–water partition coefficient (Wildman–Crippen LogP) is 4.43. The summed E-state index contributed by atoms with van der Waals surface area (Å²) in [5.74, 6) is 1.65. The Morgan fingerprint density at radius 3 is 2.50 bits per heavy atom. The summed E-state index contributed by atoms with van der Waals surface area (Å²) in [6.07, 6.45) is 0. The van der Waals surface area contributed by atoms with Crippen molar-refractivity contribution in [3.8, 4) is 17.1 Å². The van der Waals surface area contributed by atoms with Crippen LogP contribution in [-0.4, -0.2) is 38.5 Å². The maximum absolute atomic E-state index is 12.4. The minimum atomic E-state index is 0.0243. The molecule has 0 bridgehead atoms. The van der Waals surface area contributed by atoms with Crippen LogP contribution in [0.3, 0.4) is 0 Å². The number of carbonyl (C=O) groups excluding carboxylic acids is 1. The van der Waals surface area contributed by atoms with Gasteiger partial charge in [0.2, 0.25) is 0 Å². The second-order valence-corrected chi connectivity index (χ2v) is 7.34. The average Bonchev–Trinajstić information content (AvgIpc) is 3.16. The fraction of sp³-hybridized carbons (Fsp3) is 0.100. The summed E-state index contributed by atoms with van der Waals surface area (Å²) in [5.41, 5.74) is 2.14. The van der Waals surface area contributed by atoms with E-state index in [0.29, 0.717) is 27.1 Å². The fourth-order valence-corrected chi connectivity index (χ4v) is 3.50. The summed E-state index contributed by atoms with van der Waals surface area (Å²) in [7, 11) is 1.59. The van der Waals surface area contributed by atoms with Crippen molar-refractivity contribution in [3.05, 3.63) is 71.2 Å². The van der Waals surface area contributed by atoms with E-state index in [-0.39, 0.29) is 11.5 Å². The Balaban J connectivity index is 1.53.